The van der Waals surface area contributed by atoms with Gasteiger partial charge < -0.3 is 10.1 Å². The fraction of sp³-hybridized carbons (Fsp3) is 0.211. The van der Waals surface area contributed by atoms with E-state index in [1.807, 2.05) is 13.0 Å². The Hall–Kier alpha value is -3.29. The van der Waals surface area contributed by atoms with Crippen LogP contribution in [0.1, 0.15) is 12.0 Å². The summed E-state index contributed by atoms with van der Waals surface area (Å²) in [5.41, 5.74) is 1.80. The molecule has 0 spiro atoms. The minimum Gasteiger partial charge on any atom is -0.435 e. The fourth-order valence-electron chi connectivity index (χ4n) is 2.66. The highest BCUT2D eigenvalue weighted by Crippen LogP contribution is 2.18. The van der Waals surface area contributed by atoms with E-state index in [9.17, 15) is 18.4 Å². The summed E-state index contributed by atoms with van der Waals surface area (Å²) < 4.78 is 29.9. The predicted octanol–water partition coefficient (Wildman–Crippen LogP) is 3.34. The van der Waals surface area contributed by atoms with E-state index in [4.69, 9.17) is 0 Å². The molecule has 0 aliphatic heterocycles. The highest BCUT2D eigenvalue weighted by molar-refractivity contribution is 5.90. The number of anilines is 1. The molecule has 27 heavy (non-hydrogen) atoms. The Morgan fingerprint density at radius 1 is 1.22 bits per heavy atom. The van der Waals surface area contributed by atoms with Gasteiger partial charge >= 0.3 is 6.61 Å². The summed E-state index contributed by atoms with van der Waals surface area (Å²) in [5.74, 6) is -0.305. The number of carbonyl (C=O) groups is 1. The molecule has 2 aromatic carbocycles. The second-order valence-corrected chi connectivity index (χ2v) is 5.92. The molecule has 3 rings (SSSR count). The third-order valence-electron chi connectivity index (χ3n) is 4.00. The van der Waals surface area contributed by atoms with Crippen LogP contribution in [0.4, 0.5) is 14.5 Å². The third kappa shape index (κ3) is 4.46. The first-order chi connectivity index (χ1) is 12.9. The largest absolute Gasteiger partial charge is 0.435 e. The lowest BCUT2D eigenvalue weighted by molar-refractivity contribution is -0.116. The second-order valence-electron chi connectivity index (χ2n) is 5.92. The van der Waals surface area contributed by atoms with Crippen molar-refractivity contribution in [1.82, 2.24) is 9.55 Å². The summed E-state index contributed by atoms with van der Waals surface area (Å²) in [6, 6.07) is 11.0. The zero-order chi connectivity index (χ0) is 19.4. The Labute approximate surface area is 153 Å². The van der Waals surface area contributed by atoms with Crippen molar-refractivity contribution in [2.24, 2.45) is 0 Å². The van der Waals surface area contributed by atoms with Crippen molar-refractivity contribution in [2.45, 2.75) is 26.5 Å². The monoisotopic (exact) mass is 373 g/mol. The number of benzene rings is 2. The van der Waals surface area contributed by atoms with Gasteiger partial charge in [0.05, 0.1) is 17.2 Å². The zero-order valence-electron chi connectivity index (χ0n) is 14.5. The lowest BCUT2D eigenvalue weighted by Crippen LogP contribution is -2.23. The molecular formula is C19H17F2N3O3. The summed E-state index contributed by atoms with van der Waals surface area (Å²) in [7, 11) is 0. The molecule has 0 aliphatic carbocycles. The van der Waals surface area contributed by atoms with E-state index in [1.165, 1.54) is 35.2 Å². The van der Waals surface area contributed by atoms with Gasteiger partial charge in [0.1, 0.15) is 5.75 Å². The maximum atomic E-state index is 12.5. The molecule has 1 aromatic heterocycles. The summed E-state index contributed by atoms with van der Waals surface area (Å²) >= 11 is 0. The summed E-state index contributed by atoms with van der Waals surface area (Å²) in [6.07, 6.45) is 1.50. The molecule has 6 nitrogen and oxygen atoms in total. The van der Waals surface area contributed by atoms with E-state index in [0.29, 0.717) is 16.6 Å². The van der Waals surface area contributed by atoms with Crippen LogP contribution in [0, 0.1) is 6.92 Å². The zero-order valence-corrected chi connectivity index (χ0v) is 14.5. The molecule has 0 aliphatic rings. The quantitative estimate of drug-likeness (QED) is 0.719. The molecule has 0 saturated heterocycles. The van der Waals surface area contributed by atoms with Gasteiger partial charge in [-0.25, -0.2) is 4.98 Å². The number of ether oxygens (including phenoxy) is 1. The summed E-state index contributed by atoms with van der Waals surface area (Å²) in [4.78, 5) is 28.9. The summed E-state index contributed by atoms with van der Waals surface area (Å²) in [5, 5.41) is 3.15. The van der Waals surface area contributed by atoms with Gasteiger partial charge in [0, 0.05) is 18.7 Å². The summed E-state index contributed by atoms with van der Waals surface area (Å²) in [6.45, 7) is -0.846. The van der Waals surface area contributed by atoms with Gasteiger partial charge in [-0.3, -0.25) is 14.2 Å². The maximum absolute atomic E-state index is 12.5. The van der Waals surface area contributed by atoms with Crippen LogP contribution >= 0.6 is 0 Å². The lowest BCUT2D eigenvalue weighted by Gasteiger charge is -2.09. The van der Waals surface area contributed by atoms with E-state index in [1.54, 1.807) is 12.1 Å². The molecule has 3 aromatic rings. The Morgan fingerprint density at radius 3 is 2.67 bits per heavy atom. The van der Waals surface area contributed by atoms with Gasteiger partial charge in [-0.15, -0.1) is 0 Å². The number of para-hydroxylation sites is 1. The molecular weight excluding hydrogens is 356 g/mol. The number of nitrogens with zero attached hydrogens (tertiary/aromatic N) is 2. The Bertz CT molecular complexity index is 1020. The minimum atomic E-state index is -2.90. The second kappa shape index (κ2) is 7.94. The topological polar surface area (TPSA) is 73.2 Å². The number of aryl methyl sites for hydroxylation is 2. The van der Waals surface area contributed by atoms with Crippen LogP contribution in [-0.4, -0.2) is 22.1 Å². The Morgan fingerprint density at radius 2 is 1.96 bits per heavy atom. The van der Waals surface area contributed by atoms with Gasteiger partial charge in [0.2, 0.25) is 5.91 Å². The molecule has 8 heteroatoms. The van der Waals surface area contributed by atoms with Crippen molar-refractivity contribution < 1.29 is 18.3 Å². The van der Waals surface area contributed by atoms with Crippen molar-refractivity contribution in [3.63, 3.8) is 0 Å². The first-order valence-corrected chi connectivity index (χ1v) is 8.23. The average Bonchev–Trinajstić information content (AvgIpc) is 2.63. The van der Waals surface area contributed by atoms with Crippen molar-refractivity contribution in [3.05, 3.63) is 64.7 Å². The first-order valence-electron chi connectivity index (χ1n) is 8.23. The van der Waals surface area contributed by atoms with E-state index in [0.717, 1.165) is 5.56 Å². The van der Waals surface area contributed by atoms with Crippen molar-refractivity contribution >= 4 is 22.5 Å². The molecule has 1 N–H and O–H groups in total. The number of aromatic nitrogens is 2. The van der Waals surface area contributed by atoms with Crippen LogP contribution in [0.2, 0.25) is 0 Å². The van der Waals surface area contributed by atoms with E-state index in [-0.39, 0.29) is 30.2 Å². The van der Waals surface area contributed by atoms with E-state index >= 15 is 0 Å². The van der Waals surface area contributed by atoms with E-state index < -0.39 is 6.61 Å². The van der Waals surface area contributed by atoms with Crippen LogP contribution in [0.25, 0.3) is 10.9 Å². The van der Waals surface area contributed by atoms with Crippen molar-refractivity contribution in [3.8, 4) is 5.75 Å². The molecule has 0 unspecified atom stereocenters. The minimum absolute atomic E-state index is 0.00656. The number of halogens is 2. The Kier molecular flexibility index (Phi) is 5.44. The van der Waals surface area contributed by atoms with Crippen molar-refractivity contribution in [1.29, 1.82) is 0 Å². The molecule has 0 bridgehead atoms. The molecule has 0 saturated carbocycles. The number of fused-ring (bicyclic) bond motifs is 1. The van der Waals surface area contributed by atoms with Crippen LogP contribution in [-0.2, 0) is 11.3 Å². The smallest absolute Gasteiger partial charge is 0.387 e. The van der Waals surface area contributed by atoms with Gasteiger partial charge in [0.25, 0.3) is 5.56 Å². The van der Waals surface area contributed by atoms with Crippen LogP contribution in [0.15, 0.2) is 53.6 Å². The number of hydrogen-bond donors (Lipinski definition) is 1. The average molecular weight is 373 g/mol. The maximum Gasteiger partial charge on any atom is 0.387 e. The molecule has 1 amide bonds. The van der Waals surface area contributed by atoms with E-state index in [2.05, 4.69) is 15.0 Å². The highest BCUT2D eigenvalue weighted by Gasteiger charge is 2.09. The van der Waals surface area contributed by atoms with Gasteiger partial charge in [-0.1, -0.05) is 12.1 Å². The standard InChI is InChI=1S/C19H17F2N3O3/c1-12-3-2-4-15-17(12)22-11-24(18(15)26)10-9-16(25)23-13-5-7-14(8-6-13)27-19(20)21/h2-8,11,19H,9-10H2,1H3,(H,23,25). The molecule has 1 heterocycles. The lowest BCUT2D eigenvalue weighted by atomic mass is 10.1. The van der Waals surface area contributed by atoms with Crippen LogP contribution < -0.4 is 15.6 Å². The number of alkyl halides is 2. The number of hydrogen-bond acceptors (Lipinski definition) is 4. The highest BCUT2D eigenvalue weighted by atomic mass is 19.3. The van der Waals surface area contributed by atoms with Gasteiger partial charge in [0.15, 0.2) is 0 Å². The molecule has 0 fully saturated rings. The third-order valence-corrected chi connectivity index (χ3v) is 4.00. The number of amides is 1. The number of nitrogens with one attached hydrogen (secondary N) is 1. The molecule has 0 atom stereocenters. The molecule has 0 radical (unpaired) electrons. The number of rotatable bonds is 6. The van der Waals surface area contributed by atoms with Gasteiger partial charge in [-0.2, -0.15) is 8.78 Å². The fourth-order valence-corrected chi connectivity index (χ4v) is 2.66. The normalized spacial score (nSPS) is 11.0. The number of carbonyl (C=O) groups excluding carboxylic acids is 1. The first kappa shape index (κ1) is 18.5. The molecule has 140 valence electrons. The van der Waals surface area contributed by atoms with Crippen molar-refractivity contribution in [2.75, 3.05) is 5.32 Å². The SMILES string of the molecule is Cc1cccc2c(=O)n(CCC(=O)Nc3ccc(OC(F)F)cc3)cnc12. The predicted molar refractivity (Wildman–Crippen MR) is 97.1 cm³/mol. The van der Waals surface area contributed by atoms with Crippen LogP contribution in [0.5, 0.6) is 5.75 Å². The van der Waals surface area contributed by atoms with Crippen LogP contribution in [0.3, 0.4) is 0 Å². The Balaban J connectivity index is 1.63. The van der Waals surface area contributed by atoms with Gasteiger partial charge in [-0.05, 0) is 42.8 Å².